The summed E-state index contributed by atoms with van der Waals surface area (Å²) in [6, 6.07) is 3.29. The van der Waals surface area contributed by atoms with E-state index in [2.05, 4.69) is 25.6 Å². The van der Waals surface area contributed by atoms with Gasteiger partial charge in [-0.15, -0.1) is 11.3 Å². The molecule has 1 saturated heterocycles. The van der Waals surface area contributed by atoms with Crippen LogP contribution in [0.3, 0.4) is 0 Å². The standard InChI is InChI=1S/C17H23FN6S2/c1-19-16(21-7-3-10-25-17-22-8-11-26-17)23-13-5-9-24(12-13)15-14(18)4-2-6-20-15/h2,4,6,8,11,13H,3,5,7,9-10,12H2,1H3,(H2,19,21,23). The molecule has 3 rings (SSSR count). The van der Waals surface area contributed by atoms with Gasteiger partial charge in [0, 0.05) is 56.3 Å². The normalized spacial score (nSPS) is 17.5. The SMILES string of the molecule is CN=C(NCCCSc1nccs1)NC1CCN(c2ncccc2F)C1. The molecule has 26 heavy (non-hydrogen) atoms. The fraction of sp³-hybridized carbons (Fsp3) is 0.471. The Morgan fingerprint density at radius 1 is 1.46 bits per heavy atom. The van der Waals surface area contributed by atoms with Gasteiger partial charge in [0.25, 0.3) is 0 Å². The van der Waals surface area contributed by atoms with Crippen molar-refractivity contribution in [2.24, 2.45) is 4.99 Å². The van der Waals surface area contributed by atoms with Crippen molar-refractivity contribution in [2.45, 2.75) is 23.2 Å². The van der Waals surface area contributed by atoms with Gasteiger partial charge >= 0.3 is 0 Å². The van der Waals surface area contributed by atoms with E-state index in [4.69, 9.17) is 0 Å². The van der Waals surface area contributed by atoms with Crippen molar-refractivity contribution >= 4 is 34.9 Å². The van der Waals surface area contributed by atoms with Crippen molar-refractivity contribution in [2.75, 3.05) is 37.3 Å². The molecular weight excluding hydrogens is 371 g/mol. The summed E-state index contributed by atoms with van der Waals surface area (Å²) >= 11 is 3.45. The van der Waals surface area contributed by atoms with E-state index in [1.165, 1.54) is 6.07 Å². The number of hydrogen-bond donors (Lipinski definition) is 2. The smallest absolute Gasteiger partial charge is 0.191 e. The number of aliphatic imine (C=N–C) groups is 1. The summed E-state index contributed by atoms with van der Waals surface area (Å²) < 4.78 is 15.0. The zero-order valence-corrected chi connectivity index (χ0v) is 16.3. The van der Waals surface area contributed by atoms with Gasteiger partial charge in [-0.2, -0.15) is 0 Å². The van der Waals surface area contributed by atoms with E-state index in [-0.39, 0.29) is 11.9 Å². The first kappa shape index (κ1) is 18.9. The van der Waals surface area contributed by atoms with Gasteiger partial charge in [0.05, 0.1) is 0 Å². The Labute approximate surface area is 161 Å². The Bertz CT molecular complexity index is 709. The molecule has 1 fully saturated rings. The van der Waals surface area contributed by atoms with Crippen LogP contribution in [0.2, 0.25) is 0 Å². The summed E-state index contributed by atoms with van der Waals surface area (Å²) in [4.78, 5) is 14.7. The van der Waals surface area contributed by atoms with E-state index in [0.717, 1.165) is 42.0 Å². The molecule has 2 N–H and O–H groups in total. The van der Waals surface area contributed by atoms with E-state index in [0.29, 0.717) is 12.4 Å². The monoisotopic (exact) mass is 394 g/mol. The van der Waals surface area contributed by atoms with Crippen molar-refractivity contribution in [1.82, 2.24) is 20.6 Å². The Hall–Kier alpha value is -1.87. The summed E-state index contributed by atoms with van der Waals surface area (Å²) in [5.74, 6) is 1.97. The largest absolute Gasteiger partial charge is 0.356 e. The van der Waals surface area contributed by atoms with Crippen LogP contribution in [-0.2, 0) is 0 Å². The fourth-order valence-corrected chi connectivity index (χ4v) is 4.44. The molecule has 1 atom stereocenters. The minimum atomic E-state index is -0.270. The molecule has 140 valence electrons. The van der Waals surface area contributed by atoms with Crippen LogP contribution in [0.15, 0.2) is 39.2 Å². The minimum Gasteiger partial charge on any atom is -0.356 e. The third kappa shape index (κ3) is 5.31. The van der Waals surface area contributed by atoms with Gasteiger partial charge < -0.3 is 15.5 Å². The zero-order valence-electron chi connectivity index (χ0n) is 14.7. The summed E-state index contributed by atoms with van der Waals surface area (Å²) in [5.41, 5.74) is 0. The second-order valence-corrected chi connectivity index (χ2v) is 8.12. The van der Waals surface area contributed by atoms with Crippen LogP contribution in [0.25, 0.3) is 0 Å². The number of hydrogen-bond acceptors (Lipinski definition) is 6. The van der Waals surface area contributed by atoms with Gasteiger partial charge in [0.15, 0.2) is 17.6 Å². The highest BCUT2D eigenvalue weighted by Crippen LogP contribution is 2.21. The second-order valence-electron chi connectivity index (χ2n) is 5.88. The molecule has 1 aliphatic heterocycles. The van der Waals surface area contributed by atoms with E-state index in [1.54, 1.807) is 42.4 Å². The molecule has 6 nitrogen and oxygen atoms in total. The number of thiazole rings is 1. The van der Waals surface area contributed by atoms with Gasteiger partial charge in [-0.3, -0.25) is 4.99 Å². The number of nitrogens with zero attached hydrogens (tertiary/aromatic N) is 4. The third-order valence-electron chi connectivity index (χ3n) is 4.04. The number of guanidine groups is 1. The highest BCUT2D eigenvalue weighted by atomic mass is 32.2. The molecule has 9 heteroatoms. The second kappa shape index (κ2) is 9.72. The minimum absolute atomic E-state index is 0.229. The van der Waals surface area contributed by atoms with E-state index >= 15 is 0 Å². The molecule has 0 spiro atoms. The van der Waals surface area contributed by atoms with Crippen molar-refractivity contribution in [1.29, 1.82) is 0 Å². The lowest BCUT2D eigenvalue weighted by Gasteiger charge is -2.19. The molecule has 2 aromatic rings. The van der Waals surface area contributed by atoms with Crippen molar-refractivity contribution in [3.05, 3.63) is 35.7 Å². The molecule has 0 saturated carbocycles. The first-order chi connectivity index (χ1) is 12.8. The van der Waals surface area contributed by atoms with Crippen LogP contribution in [0, 0.1) is 5.82 Å². The number of rotatable bonds is 7. The Morgan fingerprint density at radius 2 is 2.38 bits per heavy atom. The number of halogens is 1. The molecular formula is C17H23FN6S2. The molecule has 1 aliphatic rings. The maximum absolute atomic E-state index is 13.9. The summed E-state index contributed by atoms with van der Waals surface area (Å²) in [6.07, 6.45) is 5.42. The topological polar surface area (TPSA) is 65.4 Å². The maximum Gasteiger partial charge on any atom is 0.191 e. The van der Waals surface area contributed by atoms with Crippen LogP contribution in [0.4, 0.5) is 10.2 Å². The van der Waals surface area contributed by atoms with Crippen LogP contribution in [0.1, 0.15) is 12.8 Å². The van der Waals surface area contributed by atoms with E-state index < -0.39 is 0 Å². The lowest BCUT2D eigenvalue weighted by atomic mass is 10.3. The molecule has 0 radical (unpaired) electrons. The molecule has 0 aromatic carbocycles. The maximum atomic E-state index is 13.9. The number of anilines is 1. The quantitative estimate of drug-likeness (QED) is 0.326. The fourth-order valence-electron chi connectivity index (χ4n) is 2.79. The van der Waals surface area contributed by atoms with Crippen LogP contribution >= 0.6 is 23.1 Å². The van der Waals surface area contributed by atoms with Crippen LogP contribution < -0.4 is 15.5 Å². The average Bonchev–Trinajstić information content (AvgIpc) is 3.33. The van der Waals surface area contributed by atoms with Gasteiger partial charge in [-0.05, 0) is 25.0 Å². The Balaban J connectivity index is 1.38. The number of pyridine rings is 1. The van der Waals surface area contributed by atoms with E-state index in [9.17, 15) is 4.39 Å². The molecule has 0 bridgehead atoms. The highest BCUT2D eigenvalue weighted by Gasteiger charge is 2.25. The summed E-state index contributed by atoms with van der Waals surface area (Å²) in [7, 11) is 1.77. The Kier molecular flexibility index (Phi) is 7.07. The van der Waals surface area contributed by atoms with Crippen LogP contribution in [-0.4, -0.2) is 54.4 Å². The molecule has 0 aliphatic carbocycles. The van der Waals surface area contributed by atoms with Gasteiger partial charge in [-0.25, -0.2) is 14.4 Å². The molecule has 3 heterocycles. The number of nitrogens with one attached hydrogen (secondary N) is 2. The molecule has 0 amide bonds. The molecule has 1 unspecified atom stereocenters. The predicted octanol–water partition coefficient (Wildman–Crippen LogP) is 2.60. The summed E-state index contributed by atoms with van der Waals surface area (Å²) in [5, 5.41) is 8.76. The highest BCUT2D eigenvalue weighted by molar-refractivity contribution is 8.00. The predicted molar refractivity (Wildman–Crippen MR) is 107 cm³/mol. The number of thioether (sulfide) groups is 1. The molecule has 2 aromatic heterocycles. The van der Waals surface area contributed by atoms with Crippen molar-refractivity contribution in [3.8, 4) is 0 Å². The van der Waals surface area contributed by atoms with Gasteiger partial charge in [0.2, 0.25) is 0 Å². The van der Waals surface area contributed by atoms with Gasteiger partial charge in [0.1, 0.15) is 4.34 Å². The first-order valence-electron chi connectivity index (χ1n) is 8.61. The van der Waals surface area contributed by atoms with Crippen molar-refractivity contribution in [3.63, 3.8) is 0 Å². The summed E-state index contributed by atoms with van der Waals surface area (Å²) in [6.45, 7) is 2.35. The van der Waals surface area contributed by atoms with E-state index in [1.807, 2.05) is 16.5 Å². The van der Waals surface area contributed by atoms with Crippen LogP contribution in [0.5, 0.6) is 0 Å². The Morgan fingerprint density at radius 3 is 3.15 bits per heavy atom. The average molecular weight is 395 g/mol. The van der Waals surface area contributed by atoms with Crippen molar-refractivity contribution < 1.29 is 4.39 Å². The number of aromatic nitrogens is 2. The lowest BCUT2D eigenvalue weighted by molar-refractivity contribution is 0.612. The lowest BCUT2D eigenvalue weighted by Crippen LogP contribution is -2.45. The third-order valence-corrected chi connectivity index (χ3v) is 6.09. The first-order valence-corrected chi connectivity index (χ1v) is 10.5. The van der Waals surface area contributed by atoms with Gasteiger partial charge in [-0.1, -0.05) is 11.8 Å². The zero-order chi connectivity index (χ0) is 18.2.